The maximum Gasteiger partial charge on any atom is 0.171 e. The Labute approximate surface area is 140 Å². The molecule has 3 aromatic rings. The first kappa shape index (κ1) is 15.2. The molecule has 0 aliphatic heterocycles. The predicted molar refractivity (Wildman–Crippen MR) is 92.0 cm³/mol. The van der Waals surface area contributed by atoms with E-state index in [0.29, 0.717) is 17.4 Å². The summed E-state index contributed by atoms with van der Waals surface area (Å²) in [6.07, 6.45) is 6.23. The van der Waals surface area contributed by atoms with E-state index < -0.39 is 0 Å². The van der Waals surface area contributed by atoms with Gasteiger partial charge in [-0.1, -0.05) is 19.3 Å². The fraction of sp³-hybridized carbons (Fsp3) is 0.500. The molecule has 1 saturated carbocycles. The molecule has 1 fully saturated rings. The van der Waals surface area contributed by atoms with Gasteiger partial charge in [-0.05, 0) is 25.8 Å². The van der Waals surface area contributed by atoms with Crippen molar-refractivity contribution >= 4 is 16.6 Å². The summed E-state index contributed by atoms with van der Waals surface area (Å²) in [5, 5.41) is 9.96. The van der Waals surface area contributed by atoms with Crippen molar-refractivity contribution in [3.63, 3.8) is 0 Å². The lowest BCUT2D eigenvalue weighted by molar-refractivity contribution is 0.356. The van der Waals surface area contributed by atoms with Crippen molar-refractivity contribution in [3.05, 3.63) is 23.8 Å². The zero-order valence-electron chi connectivity index (χ0n) is 14.4. The van der Waals surface area contributed by atoms with Crippen molar-refractivity contribution in [2.45, 2.75) is 44.9 Å². The number of rotatable bonds is 3. The van der Waals surface area contributed by atoms with Crippen LogP contribution in [0, 0.1) is 6.92 Å². The van der Waals surface area contributed by atoms with E-state index in [1.807, 2.05) is 19.1 Å². The SMILES string of the molecule is COc1cc2nc(C)n3c(C4CCCCC4)nnc3c2cc1OC. The van der Waals surface area contributed by atoms with E-state index >= 15 is 0 Å². The second-order valence-electron chi connectivity index (χ2n) is 6.44. The molecule has 6 nitrogen and oxygen atoms in total. The Bertz CT molecular complexity index is 897. The van der Waals surface area contributed by atoms with Crippen molar-refractivity contribution < 1.29 is 9.47 Å². The fourth-order valence-electron chi connectivity index (χ4n) is 3.78. The summed E-state index contributed by atoms with van der Waals surface area (Å²) in [5.74, 6) is 3.79. The molecule has 1 aliphatic carbocycles. The molecule has 6 heteroatoms. The molecule has 2 heterocycles. The molecule has 24 heavy (non-hydrogen) atoms. The summed E-state index contributed by atoms with van der Waals surface area (Å²) in [5.41, 5.74) is 1.69. The lowest BCUT2D eigenvalue weighted by Gasteiger charge is -2.20. The summed E-state index contributed by atoms with van der Waals surface area (Å²) in [4.78, 5) is 4.76. The lowest BCUT2D eigenvalue weighted by Crippen LogP contribution is -2.10. The van der Waals surface area contributed by atoms with Crippen molar-refractivity contribution in [3.8, 4) is 11.5 Å². The molecule has 0 bridgehead atoms. The zero-order valence-corrected chi connectivity index (χ0v) is 14.4. The van der Waals surface area contributed by atoms with Crippen LogP contribution in [0.3, 0.4) is 0 Å². The molecule has 2 aromatic heterocycles. The van der Waals surface area contributed by atoms with Gasteiger partial charge in [-0.15, -0.1) is 10.2 Å². The number of ether oxygens (including phenoxy) is 2. The number of hydrogen-bond donors (Lipinski definition) is 0. The maximum atomic E-state index is 5.44. The minimum Gasteiger partial charge on any atom is -0.493 e. The van der Waals surface area contributed by atoms with Crippen LogP contribution in [0.15, 0.2) is 12.1 Å². The fourth-order valence-corrected chi connectivity index (χ4v) is 3.78. The molecule has 0 saturated heterocycles. The number of aryl methyl sites for hydroxylation is 1. The average Bonchev–Trinajstić information content (AvgIpc) is 3.07. The van der Waals surface area contributed by atoms with Crippen molar-refractivity contribution in [1.82, 2.24) is 19.6 Å². The minimum absolute atomic E-state index is 0.479. The third kappa shape index (κ3) is 2.28. The van der Waals surface area contributed by atoms with E-state index in [0.717, 1.165) is 28.2 Å². The molecule has 1 aromatic carbocycles. The largest absolute Gasteiger partial charge is 0.493 e. The zero-order chi connectivity index (χ0) is 16.7. The monoisotopic (exact) mass is 326 g/mol. The topological polar surface area (TPSA) is 61.5 Å². The number of benzene rings is 1. The van der Waals surface area contributed by atoms with E-state index in [-0.39, 0.29) is 0 Å². The summed E-state index contributed by atoms with van der Waals surface area (Å²) in [6.45, 7) is 2.01. The van der Waals surface area contributed by atoms with Crippen LogP contribution >= 0.6 is 0 Å². The Balaban J connectivity index is 1.96. The van der Waals surface area contributed by atoms with Gasteiger partial charge in [-0.25, -0.2) is 4.98 Å². The summed E-state index contributed by atoms with van der Waals surface area (Å²) in [6, 6.07) is 3.84. The number of fused-ring (bicyclic) bond motifs is 3. The van der Waals surface area contributed by atoms with E-state index in [2.05, 4.69) is 14.6 Å². The highest BCUT2D eigenvalue weighted by atomic mass is 16.5. The van der Waals surface area contributed by atoms with Gasteiger partial charge in [0.1, 0.15) is 11.6 Å². The second kappa shape index (κ2) is 5.92. The Hall–Kier alpha value is -2.37. The van der Waals surface area contributed by atoms with Crippen LogP contribution < -0.4 is 9.47 Å². The van der Waals surface area contributed by atoms with Gasteiger partial charge in [-0.2, -0.15) is 0 Å². The average molecular weight is 326 g/mol. The van der Waals surface area contributed by atoms with Crippen LogP contribution in [0.25, 0.3) is 16.6 Å². The minimum atomic E-state index is 0.479. The van der Waals surface area contributed by atoms with Gasteiger partial charge >= 0.3 is 0 Å². The summed E-state index contributed by atoms with van der Waals surface area (Å²) >= 11 is 0. The molecule has 0 N–H and O–H groups in total. The van der Waals surface area contributed by atoms with Gasteiger partial charge in [-0.3, -0.25) is 4.40 Å². The highest BCUT2D eigenvalue weighted by Gasteiger charge is 2.23. The smallest absolute Gasteiger partial charge is 0.171 e. The molecule has 0 unspecified atom stereocenters. The molecular formula is C18H22N4O2. The third-order valence-electron chi connectivity index (χ3n) is 5.01. The van der Waals surface area contributed by atoms with Crippen LogP contribution in [0.4, 0.5) is 0 Å². The normalized spacial score (nSPS) is 16.0. The first-order valence-corrected chi connectivity index (χ1v) is 8.50. The third-order valence-corrected chi connectivity index (χ3v) is 5.01. The van der Waals surface area contributed by atoms with E-state index in [1.165, 1.54) is 32.1 Å². The summed E-state index contributed by atoms with van der Waals surface area (Å²) in [7, 11) is 3.27. The standard InChI is InChI=1S/C18H22N4O2/c1-11-19-14-10-16(24-3)15(23-2)9-13(14)18-21-20-17(22(11)18)12-7-5-4-6-8-12/h9-10,12H,4-8H2,1-3H3. The van der Waals surface area contributed by atoms with E-state index in [9.17, 15) is 0 Å². The highest BCUT2D eigenvalue weighted by molar-refractivity contribution is 5.93. The maximum absolute atomic E-state index is 5.44. The Morgan fingerprint density at radius 2 is 1.71 bits per heavy atom. The molecule has 4 rings (SSSR count). The van der Waals surface area contributed by atoms with Crippen LogP contribution in [0.5, 0.6) is 11.5 Å². The molecule has 0 radical (unpaired) electrons. The van der Waals surface area contributed by atoms with Gasteiger partial charge < -0.3 is 9.47 Å². The first-order valence-electron chi connectivity index (χ1n) is 8.50. The number of methoxy groups -OCH3 is 2. The Morgan fingerprint density at radius 3 is 2.42 bits per heavy atom. The van der Waals surface area contributed by atoms with Gasteiger partial charge in [0.05, 0.1) is 19.7 Å². The summed E-state index contributed by atoms with van der Waals surface area (Å²) < 4.78 is 12.9. The van der Waals surface area contributed by atoms with Crippen LogP contribution in [0.1, 0.15) is 49.7 Å². The van der Waals surface area contributed by atoms with Crippen molar-refractivity contribution in [1.29, 1.82) is 0 Å². The van der Waals surface area contributed by atoms with Gasteiger partial charge in [0, 0.05) is 17.4 Å². The number of nitrogens with zero attached hydrogens (tertiary/aromatic N) is 4. The quantitative estimate of drug-likeness (QED) is 0.735. The van der Waals surface area contributed by atoms with Crippen LogP contribution in [-0.2, 0) is 0 Å². The highest BCUT2D eigenvalue weighted by Crippen LogP contribution is 2.36. The van der Waals surface area contributed by atoms with Crippen LogP contribution in [0.2, 0.25) is 0 Å². The Morgan fingerprint density at radius 1 is 1.00 bits per heavy atom. The van der Waals surface area contributed by atoms with E-state index in [1.54, 1.807) is 14.2 Å². The molecule has 1 aliphatic rings. The van der Waals surface area contributed by atoms with E-state index in [4.69, 9.17) is 14.5 Å². The molecule has 126 valence electrons. The first-order chi connectivity index (χ1) is 11.7. The molecule has 0 amide bonds. The lowest BCUT2D eigenvalue weighted by atomic mass is 9.89. The van der Waals surface area contributed by atoms with Gasteiger partial charge in [0.2, 0.25) is 0 Å². The second-order valence-corrected chi connectivity index (χ2v) is 6.44. The van der Waals surface area contributed by atoms with Crippen LogP contribution in [-0.4, -0.2) is 33.8 Å². The Kier molecular flexibility index (Phi) is 3.75. The molecule has 0 spiro atoms. The van der Waals surface area contributed by atoms with Gasteiger partial charge in [0.25, 0.3) is 0 Å². The predicted octanol–water partition coefficient (Wildman–Crippen LogP) is 3.65. The van der Waals surface area contributed by atoms with Crippen molar-refractivity contribution in [2.75, 3.05) is 14.2 Å². The van der Waals surface area contributed by atoms with Crippen molar-refractivity contribution in [2.24, 2.45) is 0 Å². The number of aromatic nitrogens is 4. The van der Waals surface area contributed by atoms with Gasteiger partial charge in [0.15, 0.2) is 17.1 Å². The number of hydrogen-bond acceptors (Lipinski definition) is 5. The molecule has 0 atom stereocenters. The molecular weight excluding hydrogens is 304 g/mol.